The van der Waals surface area contributed by atoms with Crippen LogP contribution in [0.15, 0.2) is 16.6 Å². The van der Waals surface area contributed by atoms with Crippen molar-refractivity contribution in [2.45, 2.75) is 13.3 Å². The Morgan fingerprint density at radius 2 is 2.07 bits per heavy atom. The summed E-state index contributed by atoms with van der Waals surface area (Å²) in [6.07, 6.45) is -2.86. The predicted octanol–water partition coefficient (Wildman–Crippen LogP) is 3.29. The predicted molar refractivity (Wildman–Crippen MR) is 50.8 cm³/mol. The largest absolute Gasteiger partial charge is 0.507 e. The first-order valence-electron chi connectivity index (χ1n) is 3.75. The second kappa shape index (κ2) is 4.04. The number of benzene rings is 1. The van der Waals surface area contributed by atoms with E-state index in [1.54, 1.807) is 0 Å². The Hall–Kier alpha value is -0.970. The highest BCUT2D eigenvalue weighted by Gasteiger charge is 2.20. The van der Waals surface area contributed by atoms with Crippen LogP contribution in [0.3, 0.4) is 0 Å². The number of Topliss-reactive ketones (excluding diaryl/α,β-unsaturated/α-hetero) is 1. The van der Waals surface area contributed by atoms with E-state index in [1.165, 1.54) is 13.0 Å². The van der Waals surface area contributed by atoms with Gasteiger partial charge < -0.3 is 5.11 Å². The Kier molecular flexibility index (Phi) is 3.21. The SMILES string of the molecule is CC(=O)c1cc(Br)cc(O)c1C(F)F. The van der Waals surface area contributed by atoms with E-state index < -0.39 is 23.5 Å². The van der Waals surface area contributed by atoms with Crippen LogP contribution in [0.25, 0.3) is 0 Å². The molecule has 0 aliphatic carbocycles. The average molecular weight is 265 g/mol. The molecule has 1 rings (SSSR count). The fourth-order valence-electron chi connectivity index (χ4n) is 1.12. The van der Waals surface area contributed by atoms with Gasteiger partial charge in [-0.1, -0.05) is 15.9 Å². The van der Waals surface area contributed by atoms with E-state index in [0.717, 1.165) is 6.07 Å². The third-order valence-electron chi connectivity index (χ3n) is 1.72. The highest BCUT2D eigenvalue weighted by atomic mass is 79.9. The number of ketones is 1. The number of phenols is 1. The summed E-state index contributed by atoms with van der Waals surface area (Å²) in [7, 11) is 0. The molecule has 0 atom stereocenters. The number of hydrogen-bond acceptors (Lipinski definition) is 2. The molecule has 0 saturated carbocycles. The Morgan fingerprint density at radius 1 is 1.50 bits per heavy atom. The maximum absolute atomic E-state index is 12.5. The third kappa shape index (κ3) is 2.09. The molecule has 0 spiro atoms. The molecule has 1 aromatic carbocycles. The monoisotopic (exact) mass is 264 g/mol. The molecule has 2 nitrogen and oxygen atoms in total. The number of carbonyl (C=O) groups is 1. The lowest BCUT2D eigenvalue weighted by molar-refractivity contribution is 0.0996. The van der Waals surface area contributed by atoms with Crippen LogP contribution in [-0.2, 0) is 0 Å². The van der Waals surface area contributed by atoms with Crippen molar-refractivity contribution in [3.05, 3.63) is 27.7 Å². The molecule has 1 N–H and O–H groups in total. The van der Waals surface area contributed by atoms with Crippen molar-refractivity contribution >= 4 is 21.7 Å². The molecule has 0 bridgehead atoms. The van der Waals surface area contributed by atoms with E-state index >= 15 is 0 Å². The summed E-state index contributed by atoms with van der Waals surface area (Å²) in [5.41, 5.74) is -0.771. The lowest BCUT2D eigenvalue weighted by Gasteiger charge is -2.08. The number of halogens is 3. The molecule has 0 aromatic heterocycles. The molecular weight excluding hydrogens is 258 g/mol. The minimum Gasteiger partial charge on any atom is -0.507 e. The number of alkyl halides is 2. The fraction of sp³-hybridized carbons (Fsp3) is 0.222. The second-order valence-corrected chi connectivity index (χ2v) is 3.66. The van der Waals surface area contributed by atoms with Crippen molar-refractivity contribution in [2.24, 2.45) is 0 Å². The van der Waals surface area contributed by atoms with Crippen molar-refractivity contribution in [1.82, 2.24) is 0 Å². The Balaban J connectivity index is 3.44. The van der Waals surface area contributed by atoms with Gasteiger partial charge in [-0.25, -0.2) is 8.78 Å². The minimum atomic E-state index is -2.86. The van der Waals surface area contributed by atoms with Crippen LogP contribution in [0, 0.1) is 0 Å². The van der Waals surface area contributed by atoms with Crippen LogP contribution in [-0.4, -0.2) is 10.9 Å². The van der Waals surface area contributed by atoms with Crippen LogP contribution in [0.4, 0.5) is 8.78 Å². The summed E-state index contributed by atoms with van der Waals surface area (Å²) < 4.78 is 25.3. The van der Waals surface area contributed by atoms with Crippen molar-refractivity contribution < 1.29 is 18.7 Å². The zero-order chi connectivity index (χ0) is 10.9. The number of rotatable bonds is 2. The molecule has 0 unspecified atom stereocenters. The maximum Gasteiger partial charge on any atom is 0.268 e. The maximum atomic E-state index is 12.5. The second-order valence-electron chi connectivity index (χ2n) is 2.74. The van der Waals surface area contributed by atoms with E-state index in [1.807, 2.05) is 0 Å². The van der Waals surface area contributed by atoms with Gasteiger partial charge in [-0.2, -0.15) is 0 Å². The van der Waals surface area contributed by atoms with Crippen molar-refractivity contribution in [3.63, 3.8) is 0 Å². The summed E-state index contributed by atoms with van der Waals surface area (Å²) in [6, 6.07) is 2.40. The first-order chi connectivity index (χ1) is 6.43. The van der Waals surface area contributed by atoms with Crippen LogP contribution < -0.4 is 0 Å². The molecule has 0 amide bonds. The topological polar surface area (TPSA) is 37.3 Å². The molecule has 76 valence electrons. The van der Waals surface area contributed by atoms with Crippen molar-refractivity contribution in [2.75, 3.05) is 0 Å². The number of phenolic OH excluding ortho intramolecular Hbond substituents is 1. The summed E-state index contributed by atoms with van der Waals surface area (Å²) in [4.78, 5) is 11.0. The molecule has 0 aliphatic heterocycles. The summed E-state index contributed by atoms with van der Waals surface area (Å²) in [6.45, 7) is 1.17. The minimum absolute atomic E-state index is 0.160. The first kappa shape index (κ1) is 11.1. The molecule has 0 saturated heterocycles. The molecule has 5 heteroatoms. The van der Waals surface area contributed by atoms with Gasteiger partial charge in [-0.05, 0) is 19.1 Å². The third-order valence-corrected chi connectivity index (χ3v) is 2.18. The van der Waals surface area contributed by atoms with Gasteiger partial charge in [0.2, 0.25) is 0 Å². The Morgan fingerprint density at radius 3 is 2.50 bits per heavy atom. The summed E-state index contributed by atoms with van der Waals surface area (Å²) in [5, 5.41) is 9.23. The number of carbonyl (C=O) groups excluding carboxylic acids is 1. The molecule has 1 aromatic rings. The summed E-state index contributed by atoms with van der Waals surface area (Å²) in [5.74, 6) is -1.07. The highest BCUT2D eigenvalue weighted by molar-refractivity contribution is 9.10. The zero-order valence-corrected chi connectivity index (χ0v) is 8.81. The fourth-order valence-corrected chi connectivity index (χ4v) is 1.57. The summed E-state index contributed by atoms with van der Waals surface area (Å²) >= 11 is 3.01. The van der Waals surface area contributed by atoms with Gasteiger partial charge in [0, 0.05) is 10.0 Å². The molecular formula is C9H7BrF2O2. The molecule has 0 heterocycles. The molecule has 14 heavy (non-hydrogen) atoms. The zero-order valence-electron chi connectivity index (χ0n) is 7.22. The van der Waals surface area contributed by atoms with Crippen LogP contribution in [0.2, 0.25) is 0 Å². The van der Waals surface area contributed by atoms with E-state index in [9.17, 15) is 18.7 Å². The van der Waals surface area contributed by atoms with Gasteiger partial charge in [0.15, 0.2) is 5.78 Å². The Bertz CT molecular complexity index is 377. The van der Waals surface area contributed by atoms with Crippen LogP contribution in [0.1, 0.15) is 29.3 Å². The molecule has 0 radical (unpaired) electrons. The van der Waals surface area contributed by atoms with E-state index in [-0.39, 0.29) is 5.56 Å². The van der Waals surface area contributed by atoms with Crippen LogP contribution in [0.5, 0.6) is 5.75 Å². The number of aromatic hydroxyl groups is 1. The molecule has 0 fully saturated rings. The smallest absolute Gasteiger partial charge is 0.268 e. The standard InChI is InChI=1S/C9H7BrF2O2/c1-4(13)6-2-5(10)3-7(14)8(6)9(11)12/h2-3,9,14H,1H3. The van der Waals surface area contributed by atoms with Crippen LogP contribution >= 0.6 is 15.9 Å². The number of hydrogen-bond donors (Lipinski definition) is 1. The Labute approximate surface area is 87.7 Å². The van der Waals surface area contributed by atoms with Gasteiger partial charge in [-0.3, -0.25) is 4.79 Å². The van der Waals surface area contributed by atoms with E-state index in [4.69, 9.17) is 0 Å². The van der Waals surface area contributed by atoms with Gasteiger partial charge in [0.1, 0.15) is 5.75 Å². The quantitative estimate of drug-likeness (QED) is 0.833. The lowest BCUT2D eigenvalue weighted by Crippen LogP contribution is -2.00. The van der Waals surface area contributed by atoms with Gasteiger partial charge in [0.25, 0.3) is 6.43 Å². The normalized spacial score (nSPS) is 10.6. The average Bonchev–Trinajstić information content (AvgIpc) is 2.01. The van der Waals surface area contributed by atoms with Gasteiger partial charge in [0.05, 0.1) is 5.56 Å². The van der Waals surface area contributed by atoms with Gasteiger partial charge >= 0.3 is 0 Å². The van der Waals surface area contributed by atoms with Gasteiger partial charge in [-0.15, -0.1) is 0 Å². The van der Waals surface area contributed by atoms with E-state index in [0.29, 0.717) is 4.47 Å². The first-order valence-corrected chi connectivity index (χ1v) is 4.54. The van der Waals surface area contributed by atoms with Crippen molar-refractivity contribution in [3.8, 4) is 5.75 Å². The van der Waals surface area contributed by atoms with Crippen molar-refractivity contribution in [1.29, 1.82) is 0 Å². The lowest BCUT2D eigenvalue weighted by atomic mass is 10.0. The highest BCUT2D eigenvalue weighted by Crippen LogP contribution is 2.34. The molecule has 0 aliphatic rings. The van der Waals surface area contributed by atoms with E-state index in [2.05, 4.69) is 15.9 Å².